The van der Waals surface area contributed by atoms with E-state index < -0.39 is 16.1 Å². The van der Waals surface area contributed by atoms with Gasteiger partial charge in [0.15, 0.2) is 0 Å². The molecule has 8 nitrogen and oxygen atoms in total. The van der Waals surface area contributed by atoms with Gasteiger partial charge >= 0.3 is 0 Å². The lowest BCUT2D eigenvalue weighted by molar-refractivity contribution is -0.129. The summed E-state index contributed by atoms with van der Waals surface area (Å²) in [6.45, 7) is 0.574. The van der Waals surface area contributed by atoms with Crippen LogP contribution in [0.5, 0.6) is 0 Å². The molecule has 3 aromatic rings. The molecule has 1 aliphatic carbocycles. The van der Waals surface area contributed by atoms with Gasteiger partial charge in [-0.25, -0.2) is 8.42 Å². The first-order chi connectivity index (χ1) is 19.8. The molecular formula is C31H36N4O4S2. The van der Waals surface area contributed by atoms with Gasteiger partial charge in [0.25, 0.3) is 0 Å². The smallest absolute Gasteiger partial charge is 0.244 e. The summed E-state index contributed by atoms with van der Waals surface area (Å²) >= 11 is 1.59. The number of sulfonamides is 1. The Morgan fingerprint density at radius 1 is 1.00 bits per heavy atom. The largest absolute Gasteiger partial charge is 0.352 e. The molecule has 2 aliphatic rings. The molecule has 0 bridgehead atoms. The number of rotatable bonds is 9. The van der Waals surface area contributed by atoms with Gasteiger partial charge in [-0.15, -0.1) is 11.3 Å². The third-order valence-corrected chi connectivity index (χ3v) is 11.2. The second-order valence-corrected chi connectivity index (χ2v) is 14.2. The van der Waals surface area contributed by atoms with Gasteiger partial charge in [0.05, 0.1) is 16.9 Å². The minimum Gasteiger partial charge on any atom is -0.352 e. The van der Waals surface area contributed by atoms with E-state index in [1.54, 1.807) is 23.5 Å². The standard InChI is InChI=1S/C31H36N4O4S2/c32-21-24-11-4-6-14-29(24)41(38,39)35-16-7-12-25(15-17-35)33-31(37)27(18-22-8-1-2-9-22)34-30(36)20-26-19-23-10-3-5-13-28(23)40-26/h3-6,10-11,13-14,19,22,25,27H,1-2,7-9,12,15-18,20H2,(H,33,37)(H,34,36)/t25?,27-/m0/s1. The van der Waals surface area contributed by atoms with Gasteiger partial charge in [-0.3, -0.25) is 9.59 Å². The monoisotopic (exact) mass is 592 g/mol. The van der Waals surface area contributed by atoms with E-state index in [1.807, 2.05) is 36.4 Å². The fourth-order valence-electron chi connectivity index (χ4n) is 6.02. The van der Waals surface area contributed by atoms with E-state index in [0.717, 1.165) is 40.6 Å². The molecule has 2 aromatic carbocycles. The molecule has 1 unspecified atom stereocenters. The summed E-state index contributed by atoms with van der Waals surface area (Å²) in [4.78, 5) is 27.6. The molecule has 0 radical (unpaired) electrons. The normalized spacial score (nSPS) is 19.3. The Morgan fingerprint density at radius 2 is 1.76 bits per heavy atom. The Bertz CT molecular complexity index is 1510. The first-order valence-corrected chi connectivity index (χ1v) is 16.7. The van der Waals surface area contributed by atoms with Crippen LogP contribution in [0.1, 0.15) is 61.8 Å². The fourth-order valence-corrected chi connectivity index (χ4v) is 8.72. The van der Waals surface area contributed by atoms with Crippen LogP contribution in [0.2, 0.25) is 0 Å². The van der Waals surface area contributed by atoms with Crippen LogP contribution >= 0.6 is 11.3 Å². The van der Waals surface area contributed by atoms with Gasteiger partial charge < -0.3 is 10.6 Å². The number of hydrogen-bond acceptors (Lipinski definition) is 6. The van der Waals surface area contributed by atoms with Crippen LogP contribution in [-0.2, 0) is 26.0 Å². The Balaban J connectivity index is 1.22. The van der Waals surface area contributed by atoms with Gasteiger partial charge in [-0.1, -0.05) is 56.0 Å². The second-order valence-electron chi connectivity index (χ2n) is 11.1. The van der Waals surface area contributed by atoms with Crippen LogP contribution in [0.15, 0.2) is 59.5 Å². The van der Waals surface area contributed by atoms with E-state index >= 15 is 0 Å². The van der Waals surface area contributed by atoms with Crippen molar-refractivity contribution in [2.75, 3.05) is 13.1 Å². The van der Waals surface area contributed by atoms with Gasteiger partial charge in [-0.05, 0) is 61.3 Å². The average molecular weight is 593 g/mol. The Morgan fingerprint density at radius 3 is 2.54 bits per heavy atom. The quantitative estimate of drug-likeness (QED) is 0.372. The van der Waals surface area contributed by atoms with Gasteiger partial charge in [-0.2, -0.15) is 9.57 Å². The lowest BCUT2D eigenvalue weighted by Crippen LogP contribution is -2.50. The number of carbonyl (C=O) groups is 2. The minimum absolute atomic E-state index is 0.0166. The first kappa shape index (κ1) is 29.2. The highest BCUT2D eigenvalue weighted by atomic mass is 32.2. The van der Waals surface area contributed by atoms with Crippen LogP contribution < -0.4 is 10.6 Å². The number of thiophene rings is 1. The molecule has 1 aliphatic heterocycles. The van der Waals surface area contributed by atoms with Crippen LogP contribution in [0, 0.1) is 17.2 Å². The summed E-state index contributed by atoms with van der Waals surface area (Å²) in [6, 6.07) is 17.5. The van der Waals surface area contributed by atoms with E-state index in [0.29, 0.717) is 38.1 Å². The predicted molar refractivity (Wildman–Crippen MR) is 160 cm³/mol. The summed E-state index contributed by atoms with van der Waals surface area (Å²) in [5, 5.41) is 16.7. The van der Waals surface area contributed by atoms with Crippen molar-refractivity contribution in [2.45, 2.75) is 74.8 Å². The molecule has 10 heteroatoms. The summed E-state index contributed by atoms with van der Waals surface area (Å²) in [5.41, 5.74) is 0.128. The molecule has 1 saturated carbocycles. The van der Waals surface area contributed by atoms with Crippen LogP contribution in [-0.4, -0.2) is 49.7 Å². The van der Waals surface area contributed by atoms with E-state index in [-0.39, 0.29) is 41.3 Å². The van der Waals surface area contributed by atoms with Crippen molar-refractivity contribution in [1.29, 1.82) is 5.26 Å². The highest BCUT2D eigenvalue weighted by molar-refractivity contribution is 7.89. The van der Waals surface area contributed by atoms with Crippen LogP contribution in [0.3, 0.4) is 0 Å². The molecule has 0 spiro atoms. The Kier molecular flexibility index (Phi) is 9.38. The van der Waals surface area contributed by atoms with Gasteiger partial charge in [0, 0.05) is 28.7 Å². The van der Waals surface area contributed by atoms with E-state index in [4.69, 9.17) is 0 Å². The second kappa shape index (κ2) is 13.1. The molecular weight excluding hydrogens is 556 g/mol. The number of nitrogens with one attached hydrogen (secondary N) is 2. The predicted octanol–water partition coefficient (Wildman–Crippen LogP) is 4.74. The van der Waals surface area contributed by atoms with Gasteiger partial charge in [0.1, 0.15) is 12.1 Å². The molecule has 2 atom stereocenters. The molecule has 2 N–H and O–H groups in total. The van der Waals surface area contributed by atoms with Crippen molar-refractivity contribution in [2.24, 2.45) is 5.92 Å². The summed E-state index contributed by atoms with van der Waals surface area (Å²) in [5.74, 6) is 0.0482. The van der Waals surface area contributed by atoms with Crippen molar-refractivity contribution in [3.63, 3.8) is 0 Å². The first-order valence-electron chi connectivity index (χ1n) is 14.4. The maximum absolute atomic E-state index is 13.5. The van der Waals surface area contributed by atoms with Crippen LogP contribution in [0.4, 0.5) is 0 Å². The summed E-state index contributed by atoms with van der Waals surface area (Å²) < 4.78 is 29.2. The number of fused-ring (bicyclic) bond motifs is 1. The highest BCUT2D eigenvalue weighted by Crippen LogP contribution is 2.30. The number of hydrogen-bond donors (Lipinski definition) is 2. The molecule has 2 fully saturated rings. The van der Waals surface area contributed by atoms with E-state index in [9.17, 15) is 23.3 Å². The molecule has 2 heterocycles. The van der Waals surface area contributed by atoms with Crippen molar-refractivity contribution in [1.82, 2.24) is 14.9 Å². The zero-order valence-electron chi connectivity index (χ0n) is 23.1. The van der Waals surface area contributed by atoms with E-state index in [1.165, 1.54) is 16.4 Å². The number of carbonyl (C=O) groups excluding carboxylic acids is 2. The molecule has 41 heavy (non-hydrogen) atoms. The zero-order chi connectivity index (χ0) is 28.8. The SMILES string of the molecule is N#Cc1ccccc1S(=O)(=O)N1CCCC(NC(=O)[C@H](CC2CCCC2)NC(=O)Cc2cc3ccccc3s2)CC1. The van der Waals surface area contributed by atoms with E-state index in [2.05, 4.69) is 10.6 Å². The van der Waals surface area contributed by atoms with Gasteiger partial charge in [0.2, 0.25) is 21.8 Å². The van der Waals surface area contributed by atoms with Crippen molar-refractivity contribution >= 4 is 43.3 Å². The molecule has 5 rings (SSSR count). The maximum atomic E-state index is 13.5. The van der Waals surface area contributed by atoms with Crippen LogP contribution in [0.25, 0.3) is 10.1 Å². The number of benzene rings is 2. The zero-order valence-corrected chi connectivity index (χ0v) is 24.7. The topological polar surface area (TPSA) is 119 Å². The third kappa shape index (κ3) is 7.15. The Hall–Kier alpha value is -3.26. The van der Waals surface area contributed by atoms with Crippen molar-refractivity contribution < 1.29 is 18.0 Å². The molecule has 2 amide bonds. The lowest BCUT2D eigenvalue weighted by atomic mass is 9.97. The highest BCUT2D eigenvalue weighted by Gasteiger charge is 2.32. The maximum Gasteiger partial charge on any atom is 0.244 e. The summed E-state index contributed by atoms with van der Waals surface area (Å²) in [6.07, 6.45) is 6.97. The van der Waals surface area contributed by atoms with Crippen molar-refractivity contribution in [3.05, 3.63) is 65.0 Å². The molecule has 216 valence electrons. The Labute approximate surface area is 245 Å². The summed E-state index contributed by atoms with van der Waals surface area (Å²) in [7, 11) is -3.83. The minimum atomic E-state index is -3.83. The van der Waals surface area contributed by atoms with Crippen molar-refractivity contribution in [3.8, 4) is 6.07 Å². The fraction of sp³-hybridized carbons (Fsp3) is 0.452. The molecule has 1 aromatic heterocycles. The number of amides is 2. The molecule has 1 saturated heterocycles. The number of nitriles is 1. The average Bonchev–Trinajstić information content (AvgIpc) is 3.56. The lowest BCUT2D eigenvalue weighted by Gasteiger charge is -2.25. The third-order valence-electron chi connectivity index (χ3n) is 8.17. The number of nitrogens with zero attached hydrogens (tertiary/aromatic N) is 2.